The molecular weight excluding hydrogens is 380 g/mol. The molecule has 2 heteroatoms. The molecule has 29 heavy (non-hydrogen) atoms. The van der Waals surface area contributed by atoms with Gasteiger partial charge in [-0.05, 0) is 0 Å². The molecule has 0 aromatic heterocycles. The van der Waals surface area contributed by atoms with Crippen molar-refractivity contribution >= 4 is 16.1 Å². The lowest BCUT2D eigenvalue weighted by molar-refractivity contribution is 0.611. The summed E-state index contributed by atoms with van der Waals surface area (Å²) in [4.78, 5) is 0. The molecule has 0 aromatic carbocycles. The van der Waals surface area contributed by atoms with Crippen LogP contribution in [0, 0.1) is 0 Å². The molecule has 1 atom stereocenters. The summed E-state index contributed by atoms with van der Waals surface area (Å²) in [5, 5.41) is 0. The lowest BCUT2D eigenvalue weighted by Crippen LogP contribution is -2.44. The van der Waals surface area contributed by atoms with Gasteiger partial charge in [-0.1, -0.05) is 173 Å². The van der Waals surface area contributed by atoms with Crippen molar-refractivity contribution in [1.29, 1.82) is 0 Å². The molecule has 0 heterocycles. The van der Waals surface area contributed by atoms with Crippen molar-refractivity contribution in [2.24, 2.45) is 0 Å². The molecule has 0 N–H and O–H groups in total. The summed E-state index contributed by atoms with van der Waals surface area (Å²) < 4.78 is 0. The molecule has 0 saturated heterocycles. The molecule has 0 fully saturated rings. The van der Waals surface area contributed by atoms with Crippen LogP contribution in [0.4, 0.5) is 0 Å². The van der Waals surface area contributed by atoms with Crippen LogP contribution in [0.5, 0.6) is 0 Å². The third-order valence-corrected chi connectivity index (χ3v) is 22.3. The molecule has 0 spiro atoms. The minimum absolute atomic E-state index is 0.929. The molecule has 0 rings (SSSR count). The summed E-state index contributed by atoms with van der Waals surface area (Å²) in [6.07, 6.45) is 14.7. The first-order valence-electron chi connectivity index (χ1n) is 13.5. The quantitative estimate of drug-likeness (QED) is 0.147. The number of hydrogen-bond acceptors (Lipinski definition) is 0. The maximum absolute atomic E-state index is 2.71. The highest BCUT2D eigenvalue weighted by Gasteiger charge is 2.41. The van der Waals surface area contributed by atoms with Gasteiger partial charge < -0.3 is 0 Å². The maximum Gasteiger partial charge on any atom is 0.0612 e. The highest BCUT2D eigenvalue weighted by molar-refractivity contribution is 6.83. The Labute approximate surface area is 189 Å². The molecule has 176 valence electrons. The predicted molar refractivity (Wildman–Crippen MR) is 144 cm³/mol. The Bertz CT molecular complexity index is 364. The molecule has 0 saturated carbocycles. The first kappa shape index (κ1) is 29.4. The van der Waals surface area contributed by atoms with Crippen molar-refractivity contribution in [3.05, 3.63) is 0 Å². The van der Waals surface area contributed by atoms with Gasteiger partial charge in [-0.15, -0.1) is 0 Å². The van der Waals surface area contributed by atoms with Crippen molar-refractivity contribution in [3.63, 3.8) is 0 Å². The second kappa shape index (κ2) is 15.3. The minimum atomic E-state index is -1.15. The smallest absolute Gasteiger partial charge is 0.0612 e. The molecule has 0 aliphatic heterocycles. The van der Waals surface area contributed by atoms with Crippen LogP contribution in [-0.2, 0) is 0 Å². The van der Waals surface area contributed by atoms with Gasteiger partial charge in [0.05, 0.1) is 16.1 Å². The van der Waals surface area contributed by atoms with Crippen LogP contribution >= 0.6 is 0 Å². The topological polar surface area (TPSA) is 0 Å². The van der Waals surface area contributed by atoms with Crippen molar-refractivity contribution in [2.75, 3.05) is 0 Å². The second-order valence-electron chi connectivity index (χ2n) is 11.8. The molecule has 0 aliphatic carbocycles. The van der Waals surface area contributed by atoms with Gasteiger partial charge >= 0.3 is 0 Å². The zero-order valence-electron chi connectivity index (χ0n) is 22.5. The van der Waals surface area contributed by atoms with Crippen molar-refractivity contribution in [3.8, 4) is 0 Å². The van der Waals surface area contributed by atoms with Crippen molar-refractivity contribution < 1.29 is 0 Å². The first-order chi connectivity index (χ1) is 13.5. The fourth-order valence-corrected chi connectivity index (χ4v) is 16.3. The van der Waals surface area contributed by atoms with E-state index in [0.29, 0.717) is 0 Å². The standard InChI is InChI=1S/C27H60Si2/c1-11-12-13-18-21-28(10,24(2)3)22-19-16-14-15-17-20-23-29(25(4)5,26(6)7)27(8)9/h24-27H,11-23H2,1-10H3. The lowest BCUT2D eigenvalue weighted by Gasteiger charge is -2.43. The second-order valence-corrected chi connectivity index (χ2v) is 23.5. The first-order valence-corrected chi connectivity index (χ1v) is 19.0. The van der Waals surface area contributed by atoms with E-state index in [2.05, 4.69) is 68.9 Å². The molecule has 0 radical (unpaired) electrons. The van der Waals surface area contributed by atoms with E-state index in [-0.39, 0.29) is 0 Å². The van der Waals surface area contributed by atoms with E-state index < -0.39 is 16.1 Å². The van der Waals surface area contributed by atoms with Gasteiger partial charge in [0.2, 0.25) is 0 Å². The molecule has 0 amide bonds. The summed E-state index contributed by atoms with van der Waals surface area (Å²) in [5.41, 5.74) is 3.75. The van der Waals surface area contributed by atoms with Crippen molar-refractivity contribution in [1.82, 2.24) is 0 Å². The lowest BCUT2D eigenvalue weighted by atomic mass is 10.1. The van der Waals surface area contributed by atoms with Gasteiger partial charge in [-0.2, -0.15) is 0 Å². The normalized spacial score (nSPS) is 15.1. The van der Waals surface area contributed by atoms with E-state index in [1.54, 1.807) is 18.1 Å². The number of rotatable bonds is 18. The van der Waals surface area contributed by atoms with E-state index in [1.807, 2.05) is 0 Å². The third kappa shape index (κ3) is 10.1. The van der Waals surface area contributed by atoms with Crippen LogP contribution in [0.1, 0.15) is 127 Å². The van der Waals surface area contributed by atoms with Crippen LogP contribution < -0.4 is 0 Å². The molecule has 0 aromatic rings. The monoisotopic (exact) mass is 440 g/mol. The van der Waals surface area contributed by atoms with E-state index >= 15 is 0 Å². The van der Waals surface area contributed by atoms with Gasteiger partial charge in [0.1, 0.15) is 0 Å². The Kier molecular flexibility index (Phi) is 15.5. The molecule has 0 bridgehead atoms. The SMILES string of the molecule is CCCCCC[Si](C)(CCCCCCCC[Si](C(C)C)(C(C)C)C(C)C)C(C)C. The van der Waals surface area contributed by atoms with Gasteiger partial charge in [-0.3, -0.25) is 0 Å². The van der Waals surface area contributed by atoms with Crippen LogP contribution in [0.25, 0.3) is 0 Å². The highest BCUT2D eigenvalue weighted by Crippen LogP contribution is 2.45. The fraction of sp³-hybridized carbons (Fsp3) is 1.00. The Morgan fingerprint density at radius 1 is 0.448 bits per heavy atom. The van der Waals surface area contributed by atoms with E-state index in [4.69, 9.17) is 0 Å². The summed E-state index contributed by atoms with van der Waals surface area (Å²) >= 11 is 0. The number of hydrogen-bond donors (Lipinski definition) is 0. The molecule has 0 aliphatic rings. The minimum Gasteiger partial charge on any atom is -0.0690 e. The molecule has 0 nitrogen and oxygen atoms in total. The van der Waals surface area contributed by atoms with Gasteiger partial charge in [0, 0.05) is 0 Å². The zero-order valence-corrected chi connectivity index (χ0v) is 24.5. The number of unbranched alkanes of at least 4 members (excludes halogenated alkanes) is 8. The van der Waals surface area contributed by atoms with Gasteiger partial charge in [0.15, 0.2) is 0 Å². The molecule has 1 unspecified atom stereocenters. The van der Waals surface area contributed by atoms with Gasteiger partial charge in [-0.25, -0.2) is 0 Å². The van der Waals surface area contributed by atoms with Crippen LogP contribution in [0.2, 0.25) is 46.8 Å². The average Bonchev–Trinajstić information content (AvgIpc) is 2.63. The van der Waals surface area contributed by atoms with E-state index in [1.165, 1.54) is 64.2 Å². The van der Waals surface area contributed by atoms with Gasteiger partial charge in [0.25, 0.3) is 0 Å². The largest absolute Gasteiger partial charge is 0.0690 e. The van der Waals surface area contributed by atoms with Crippen molar-refractivity contribution in [2.45, 2.75) is 173 Å². The van der Waals surface area contributed by atoms with Crippen LogP contribution in [-0.4, -0.2) is 16.1 Å². The highest BCUT2D eigenvalue weighted by atomic mass is 28.3. The maximum atomic E-state index is 2.71. The predicted octanol–water partition coefficient (Wildman–Crippen LogP) is 11.1. The third-order valence-electron chi connectivity index (χ3n) is 8.83. The summed E-state index contributed by atoms with van der Waals surface area (Å²) in [7, 11) is -2.16. The summed E-state index contributed by atoms with van der Waals surface area (Å²) in [5.74, 6) is 0. The van der Waals surface area contributed by atoms with E-state index in [0.717, 1.165) is 22.2 Å². The van der Waals surface area contributed by atoms with Crippen LogP contribution in [0.15, 0.2) is 0 Å². The Hall–Kier alpha value is 0.434. The van der Waals surface area contributed by atoms with Crippen LogP contribution in [0.3, 0.4) is 0 Å². The summed E-state index contributed by atoms with van der Waals surface area (Å²) in [6, 6.07) is 4.73. The van der Waals surface area contributed by atoms with E-state index in [9.17, 15) is 0 Å². The fourth-order valence-electron chi connectivity index (χ4n) is 6.19. The Morgan fingerprint density at radius 3 is 1.14 bits per heavy atom. The molecular formula is C27H60Si2. The Balaban J connectivity index is 4.16. The Morgan fingerprint density at radius 2 is 0.793 bits per heavy atom. The zero-order chi connectivity index (χ0) is 22.5. The average molecular weight is 441 g/mol. The summed E-state index contributed by atoms with van der Waals surface area (Å²) in [6.45, 7) is 25.2.